The summed E-state index contributed by atoms with van der Waals surface area (Å²) in [4.78, 5) is 4.15. The number of aromatic nitrogens is 1. The second-order valence-electron chi connectivity index (χ2n) is 5.07. The van der Waals surface area contributed by atoms with Gasteiger partial charge in [0.2, 0.25) is 5.88 Å². The van der Waals surface area contributed by atoms with Crippen LogP contribution in [0, 0.1) is 11.8 Å². The van der Waals surface area contributed by atoms with Gasteiger partial charge in [-0.2, -0.15) is 0 Å². The molecule has 0 spiro atoms. The van der Waals surface area contributed by atoms with Crippen LogP contribution < -0.4 is 4.74 Å². The Balaban J connectivity index is 2.10. The standard InChI is InChI=1S/C14H21NO2/c1-10-5-7-11(8-6-10)13(16)12-4-3-9-15-14(12)17-2/h3-4,9-11,13,16H,5-8H2,1-2H3. The largest absolute Gasteiger partial charge is 0.481 e. The van der Waals surface area contributed by atoms with Gasteiger partial charge in [0.05, 0.1) is 13.2 Å². The van der Waals surface area contributed by atoms with E-state index in [1.165, 1.54) is 12.8 Å². The second-order valence-corrected chi connectivity index (χ2v) is 5.07. The highest BCUT2D eigenvalue weighted by Gasteiger charge is 2.27. The Labute approximate surface area is 103 Å². The van der Waals surface area contributed by atoms with Crippen LogP contribution in [-0.4, -0.2) is 17.2 Å². The molecule has 0 aromatic carbocycles. The normalized spacial score (nSPS) is 26.5. The fourth-order valence-electron chi connectivity index (χ4n) is 2.65. The number of methoxy groups -OCH3 is 1. The van der Waals surface area contributed by atoms with Crippen molar-refractivity contribution in [2.45, 2.75) is 38.7 Å². The lowest BCUT2D eigenvalue weighted by Gasteiger charge is -2.30. The maximum Gasteiger partial charge on any atom is 0.218 e. The van der Waals surface area contributed by atoms with Crippen molar-refractivity contribution in [1.82, 2.24) is 4.98 Å². The van der Waals surface area contributed by atoms with Gasteiger partial charge in [0, 0.05) is 11.8 Å². The van der Waals surface area contributed by atoms with E-state index in [1.807, 2.05) is 12.1 Å². The lowest BCUT2D eigenvalue weighted by Crippen LogP contribution is -2.20. The minimum atomic E-state index is -0.439. The number of rotatable bonds is 3. The van der Waals surface area contributed by atoms with Gasteiger partial charge in [-0.3, -0.25) is 0 Å². The van der Waals surface area contributed by atoms with Crippen LogP contribution in [-0.2, 0) is 0 Å². The SMILES string of the molecule is COc1ncccc1C(O)C1CCC(C)CC1. The molecule has 0 bridgehead atoms. The molecule has 1 aromatic heterocycles. The Morgan fingerprint density at radius 3 is 2.71 bits per heavy atom. The third-order valence-corrected chi connectivity index (χ3v) is 3.82. The molecular weight excluding hydrogens is 214 g/mol. The lowest BCUT2D eigenvalue weighted by molar-refractivity contribution is 0.0729. The van der Waals surface area contributed by atoms with Crippen LogP contribution >= 0.6 is 0 Å². The maximum absolute atomic E-state index is 10.4. The van der Waals surface area contributed by atoms with Gasteiger partial charge < -0.3 is 9.84 Å². The van der Waals surface area contributed by atoms with Crippen molar-refractivity contribution in [3.8, 4) is 5.88 Å². The van der Waals surface area contributed by atoms with Gasteiger partial charge >= 0.3 is 0 Å². The van der Waals surface area contributed by atoms with Crippen LogP contribution in [0.5, 0.6) is 5.88 Å². The Hall–Kier alpha value is -1.09. The summed E-state index contributed by atoms with van der Waals surface area (Å²) in [6.07, 6.45) is 5.87. The Morgan fingerprint density at radius 2 is 2.06 bits per heavy atom. The van der Waals surface area contributed by atoms with Crippen LogP contribution in [0.25, 0.3) is 0 Å². The highest BCUT2D eigenvalue weighted by atomic mass is 16.5. The molecule has 1 atom stereocenters. The summed E-state index contributed by atoms with van der Waals surface area (Å²) in [6, 6.07) is 3.76. The molecule has 0 amide bonds. The zero-order valence-corrected chi connectivity index (χ0v) is 10.6. The third kappa shape index (κ3) is 2.78. The number of pyridine rings is 1. The first-order valence-electron chi connectivity index (χ1n) is 6.39. The fraction of sp³-hybridized carbons (Fsp3) is 0.643. The number of nitrogens with zero attached hydrogens (tertiary/aromatic N) is 1. The van der Waals surface area contributed by atoms with E-state index >= 15 is 0 Å². The Bertz CT molecular complexity index is 359. The first-order chi connectivity index (χ1) is 8.22. The minimum Gasteiger partial charge on any atom is -0.481 e. The van der Waals surface area contributed by atoms with E-state index < -0.39 is 6.10 Å². The summed E-state index contributed by atoms with van der Waals surface area (Å²) in [7, 11) is 1.60. The minimum absolute atomic E-state index is 0.351. The monoisotopic (exact) mass is 235 g/mol. The van der Waals surface area contributed by atoms with E-state index in [1.54, 1.807) is 13.3 Å². The topological polar surface area (TPSA) is 42.4 Å². The van der Waals surface area contributed by atoms with Gasteiger partial charge in [0.25, 0.3) is 0 Å². The van der Waals surface area contributed by atoms with Gasteiger partial charge in [0.15, 0.2) is 0 Å². The van der Waals surface area contributed by atoms with Crippen molar-refractivity contribution >= 4 is 0 Å². The zero-order chi connectivity index (χ0) is 12.3. The van der Waals surface area contributed by atoms with Crippen molar-refractivity contribution < 1.29 is 9.84 Å². The van der Waals surface area contributed by atoms with E-state index in [2.05, 4.69) is 11.9 Å². The molecule has 3 heteroatoms. The molecule has 0 saturated heterocycles. The smallest absolute Gasteiger partial charge is 0.218 e. The Morgan fingerprint density at radius 1 is 1.35 bits per heavy atom. The molecule has 1 aliphatic carbocycles. The molecule has 2 rings (SSSR count). The first kappa shape index (κ1) is 12.4. The van der Waals surface area contributed by atoms with Crippen molar-refractivity contribution in [2.75, 3.05) is 7.11 Å². The third-order valence-electron chi connectivity index (χ3n) is 3.82. The molecule has 0 radical (unpaired) electrons. The predicted molar refractivity (Wildman–Crippen MR) is 66.9 cm³/mol. The molecule has 1 aliphatic rings. The van der Waals surface area contributed by atoms with Gasteiger partial charge in [-0.15, -0.1) is 0 Å². The van der Waals surface area contributed by atoms with Crippen LogP contribution in [0.1, 0.15) is 44.3 Å². The number of ether oxygens (including phenoxy) is 1. The second kappa shape index (κ2) is 5.50. The van der Waals surface area contributed by atoms with Crippen LogP contribution in [0.3, 0.4) is 0 Å². The molecule has 1 unspecified atom stereocenters. The molecule has 1 N–H and O–H groups in total. The van der Waals surface area contributed by atoms with Gasteiger partial charge in [-0.25, -0.2) is 4.98 Å². The number of aliphatic hydroxyl groups excluding tert-OH is 1. The van der Waals surface area contributed by atoms with Crippen molar-refractivity contribution in [3.63, 3.8) is 0 Å². The van der Waals surface area contributed by atoms with Gasteiger partial charge in [-0.05, 0) is 36.8 Å². The van der Waals surface area contributed by atoms with Crippen LogP contribution in [0.15, 0.2) is 18.3 Å². The van der Waals surface area contributed by atoms with Gasteiger partial charge in [0.1, 0.15) is 0 Å². The van der Waals surface area contributed by atoms with Crippen molar-refractivity contribution in [2.24, 2.45) is 11.8 Å². The van der Waals surface area contributed by atoms with E-state index in [4.69, 9.17) is 4.74 Å². The zero-order valence-electron chi connectivity index (χ0n) is 10.6. The van der Waals surface area contributed by atoms with Crippen LogP contribution in [0.2, 0.25) is 0 Å². The highest BCUT2D eigenvalue weighted by molar-refractivity contribution is 5.28. The molecule has 1 aromatic rings. The summed E-state index contributed by atoms with van der Waals surface area (Å²) >= 11 is 0. The quantitative estimate of drug-likeness (QED) is 0.875. The van der Waals surface area contributed by atoms with E-state index in [-0.39, 0.29) is 0 Å². The number of aliphatic hydroxyl groups is 1. The highest BCUT2D eigenvalue weighted by Crippen LogP contribution is 2.38. The lowest BCUT2D eigenvalue weighted by atomic mass is 9.78. The van der Waals surface area contributed by atoms with E-state index in [0.29, 0.717) is 11.8 Å². The summed E-state index contributed by atoms with van der Waals surface area (Å²) in [6.45, 7) is 2.28. The summed E-state index contributed by atoms with van der Waals surface area (Å²) in [5, 5.41) is 10.4. The molecule has 1 heterocycles. The molecule has 1 fully saturated rings. The maximum atomic E-state index is 10.4. The van der Waals surface area contributed by atoms with Crippen LogP contribution in [0.4, 0.5) is 0 Å². The molecule has 0 aliphatic heterocycles. The Kier molecular flexibility index (Phi) is 4.00. The predicted octanol–water partition coefficient (Wildman–Crippen LogP) is 2.95. The van der Waals surface area contributed by atoms with Crippen molar-refractivity contribution in [3.05, 3.63) is 23.9 Å². The molecule has 1 saturated carbocycles. The van der Waals surface area contributed by atoms with E-state index in [0.717, 1.165) is 24.3 Å². The number of hydrogen-bond acceptors (Lipinski definition) is 3. The van der Waals surface area contributed by atoms with E-state index in [9.17, 15) is 5.11 Å². The summed E-state index contributed by atoms with van der Waals surface area (Å²) in [5.74, 6) is 1.71. The first-order valence-corrected chi connectivity index (χ1v) is 6.39. The molecule has 17 heavy (non-hydrogen) atoms. The molecule has 94 valence electrons. The van der Waals surface area contributed by atoms with Crippen molar-refractivity contribution in [1.29, 1.82) is 0 Å². The molecule has 3 nitrogen and oxygen atoms in total. The molecular formula is C14H21NO2. The summed E-state index contributed by atoms with van der Waals surface area (Å²) in [5.41, 5.74) is 0.828. The van der Waals surface area contributed by atoms with Gasteiger partial charge in [-0.1, -0.05) is 19.8 Å². The summed E-state index contributed by atoms with van der Waals surface area (Å²) < 4.78 is 5.21. The fourth-order valence-corrected chi connectivity index (χ4v) is 2.65. The average Bonchev–Trinajstić information content (AvgIpc) is 2.39. The average molecular weight is 235 g/mol. The number of hydrogen-bond donors (Lipinski definition) is 1.